The Morgan fingerprint density at radius 3 is 2.96 bits per heavy atom. The van der Waals surface area contributed by atoms with Crippen molar-refractivity contribution in [3.05, 3.63) is 54.1 Å². The molecule has 3 unspecified atom stereocenters. The predicted molar refractivity (Wildman–Crippen MR) is 102 cm³/mol. The van der Waals surface area contributed by atoms with Crippen LogP contribution in [0, 0.1) is 11.8 Å². The molecule has 4 rings (SSSR count). The third-order valence-corrected chi connectivity index (χ3v) is 5.90. The molecular formula is C21H28N4O. The molecule has 2 amide bonds. The molecule has 2 aliphatic rings. The maximum atomic E-state index is 12.4. The minimum Gasteiger partial charge on any atom is -0.338 e. The van der Waals surface area contributed by atoms with Crippen LogP contribution in [0.4, 0.5) is 4.79 Å². The van der Waals surface area contributed by atoms with Crippen LogP contribution in [0.25, 0.3) is 0 Å². The smallest absolute Gasteiger partial charge is 0.315 e. The molecule has 5 nitrogen and oxygen atoms in total. The van der Waals surface area contributed by atoms with Gasteiger partial charge in [-0.25, -0.2) is 9.78 Å². The molecule has 138 valence electrons. The molecule has 26 heavy (non-hydrogen) atoms. The molecule has 1 aromatic heterocycles. The number of nitrogens with one attached hydrogen (secondary N) is 2. The van der Waals surface area contributed by atoms with Gasteiger partial charge in [0.15, 0.2) is 0 Å². The monoisotopic (exact) mass is 352 g/mol. The Morgan fingerprint density at radius 2 is 2.08 bits per heavy atom. The van der Waals surface area contributed by atoms with Crippen molar-refractivity contribution in [2.75, 3.05) is 6.54 Å². The SMILES string of the molecule is O=C(NCC1CCc2nccn2C1)NC1CCCC1Cc1ccccc1. The molecule has 2 N–H and O–H groups in total. The number of aryl methyl sites for hydroxylation is 1. The largest absolute Gasteiger partial charge is 0.338 e. The molecule has 1 aliphatic carbocycles. The molecule has 5 heteroatoms. The van der Waals surface area contributed by atoms with E-state index in [2.05, 4.69) is 50.5 Å². The lowest BCUT2D eigenvalue weighted by molar-refractivity contribution is 0.229. The molecule has 0 spiro atoms. The third kappa shape index (κ3) is 4.09. The summed E-state index contributed by atoms with van der Waals surface area (Å²) >= 11 is 0. The van der Waals surface area contributed by atoms with Crippen LogP contribution in [0.1, 0.15) is 37.1 Å². The molecule has 0 bridgehead atoms. The molecule has 1 saturated carbocycles. The Bertz CT molecular complexity index is 727. The van der Waals surface area contributed by atoms with E-state index in [9.17, 15) is 4.79 Å². The number of carbonyl (C=O) groups excluding carboxylic acids is 1. The zero-order chi connectivity index (χ0) is 17.8. The van der Waals surface area contributed by atoms with Crippen LogP contribution in [0.5, 0.6) is 0 Å². The van der Waals surface area contributed by atoms with Gasteiger partial charge in [0.05, 0.1) is 0 Å². The Labute approximate surface area is 155 Å². The van der Waals surface area contributed by atoms with E-state index in [1.54, 1.807) is 0 Å². The molecule has 2 heterocycles. The highest BCUT2D eigenvalue weighted by Gasteiger charge is 2.29. The summed E-state index contributed by atoms with van der Waals surface area (Å²) in [6.45, 7) is 1.69. The first-order valence-corrected chi connectivity index (χ1v) is 9.86. The maximum absolute atomic E-state index is 12.4. The zero-order valence-electron chi connectivity index (χ0n) is 15.2. The van der Waals surface area contributed by atoms with Crippen LogP contribution < -0.4 is 10.6 Å². The number of imidazole rings is 1. The van der Waals surface area contributed by atoms with E-state index >= 15 is 0 Å². The number of fused-ring (bicyclic) bond motifs is 1. The second kappa shape index (κ2) is 7.94. The van der Waals surface area contributed by atoms with Crippen molar-refractivity contribution in [2.45, 2.75) is 51.1 Å². The van der Waals surface area contributed by atoms with E-state index in [1.807, 2.05) is 12.4 Å². The van der Waals surface area contributed by atoms with Gasteiger partial charge in [0.25, 0.3) is 0 Å². The minimum absolute atomic E-state index is 0.00797. The average molecular weight is 352 g/mol. The molecule has 2 aromatic rings. The van der Waals surface area contributed by atoms with Crippen LogP contribution in [0.15, 0.2) is 42.7 Å². The standard InChI is InChI=1S/C21H28N4O/c26-21(23-14-17-9-10-20-22-11-12-25(20)15-17)24-19-8-4-7-18(19)13-16-5-2-1-3-6-16/h1-3,5-6,11-12,17-19H,4,7-10,13-15H2,(H2,23,24,26). The quantitative estimate of drug-likeness (QED) is 0.868. The fraction of sp³-hybridized carbons (Fsp3) is 0.524. The van der Waals surface area contributed by atoms with Crippen LogP contribution in [0.2, 0.25) is 0 Å². The van der Waals surface area contributed by atoms with Gasteiger partial charge in [0, 0.05) is 37.9 Å². The highest BCUT2D eigenvalue weighted by atomic mass is 16.2. The topological polar surface area (TPSA) is 59.0 Å². The number of hydrogen-bond donors (Lipinski definition) is 2. The van der Waals surface area contributed by atoms with Crippen molar-refractivity contribution < 1.29 is 4.79 Å². The molecule has 0 saturated heterocycles. The molecule has 1 aliphatic heterocycles. The zero-order valence-corrected chi connectivity index (χ0v) is 15.2. The number of amides is 2. The third-order valence-electron chi connectivity index (χ3n) is 5.90. The summed E-state index contributed by atoms with van der Waals surface area (Å²) in [4.78, 5) is 16.8. The number of urea groups is 1. The summed E-state index contributed by atoms with van der Waals surface area (Å²) in [7, 11) is 0. The fourth-order valence-corrected chi connectivity index (χ4v) is 4.45. The normalized spacial score (nSPS) is 24.8. The molecule has 1 fully saturated rings. The van der Waals surface area contributed by atoms with Gasteiger partial charge in [-0.15, -0.1) is 0 Å². The van der Waals surface area contributed by atoms with E-state index < -0.39 is 0 Å². The Morgan fingerprint density at radius 1 is 1.19 bits per heavy atom. The molecular weight excluding hydrogens is 324 g/mol. The summed E-state index contributed by atoms with van der Waals surface area (Å²) in [6.07, 6.45) is 10.5. The van der Waals surface area contributed by atoms with Gasteiger partial charge in [0.1, 0.15) is 5.82 Å². The van der Waals surface area contributed by atoms with Crippen molar-refractivity contribution in [3.8, 4) is 0 Å². The summed E-state index contributed by atoms with van der Waals surface area (Å²) in [5.74, 6) is 2.21. The maximum Gasteiger partial charge on any atom is 0.315 e. The van der Waals surface area contributed by atoms with Crippen LogP contribution in [-0.2, 0) is 19.4 Å². The highest BCUT2D eigenvalue weighted by Crippen LogP contribution is 2.28. The van der Waals surface area contributed by atoms with Crippen molar-refractivity contribution in [3.63, 3.8) is 0 Å². The fourth-order valence-electron chi connectivity index (χ4n) is 4.45. The number of benzene rings is 1. The minimum atomic E-state index is -0.00797. The second-order valence-corrected chi connectivity index (χ2v) is 7.74. The number of hydrogen-bond acceptors (Lipinski definition) is 2. The van der Waals surface area contributed by atoms with E-state index in [4.69, 9.17) is 0 Å². The second-order valence-electron chi connectivity index (χ2n) is 7.74. The number of nitrogens with zero attached hydrogens (tertiary/aromatic N) is 2. The van der Waals surface area contributed by atoms with Gasteiger partial charge >= 0.3 is 6.03 Å². The van der Waals surface area contributed by atoms with Gasteiger partial charge in [-0.1, -0.05) is 36.8 Å². The highest BCUT2D eigenvalue weighted by molar-refractivity contribution is 5.74. The molecule has 1 aromatic carbocycles. The van der Waals surface area contributed by atoms with Gasteiger partial charge in [-0.05, 0) is 43.1 Å². The van der Waals surface area contributed by atoms with Gasteiger partial charge in [-0.2, -0.15) is 0 Å². The van der Waals surface area contributed by atoms with E-state index in [-0.39, 0.29) is 6.03 Å². The predicted octanol–water partition coefficient (Wildman–Crippen LogP) is 3.16. The molecule has 3 atom stereocenters. The Balaban J connectivity index is 1.24. The number of carbonyl (C=O) groups is 1. The van der Waals surface area contributed by atoms with E-state index in [0.717, 1.165) is 38.8 Å². The van der Waals surface area contributed by atoms with Gasteiger partial charge < -0.3 is 15.2 Å². The molecule has 0 radical (unpaired) electrons. The van der Waals surface area contributed by atoms with E-state index in [1.165, 1.54) is 24.2 Å². The summed E-state index contributed by atoms with van der Waals surface area (Å²) in [5.41, 5.74) is 1.37. The number of aromatic nitrogens is 2. The van der Waals surface area contributed by atoms with Crippen molar-refractivity contribution >= 4 is 6.03 Å². The Hall–Kier alpha value is -2.30. The summed E-state index contributed by atoms with van der Waals surface area (Å²) < 4.78 is 2.21. The van der Waals surface area contributed by atoms with Gasteiger partial charge in [-0.3, -0.25) is 0 Å². The first-order chi connectivity index (χ1) is 12.8. The van der Waals surface area contributed by atoms with Crippen LogP contribution in [-0.4, -0.2) is 28.2 Å². The summed E-state index contributed by atoms with van der Waals surface area (Å²) in [6, 6.07) is 10.9. The summed E-state index contributed by atoms with van der Waals surface area (Å²) in [5, 5.41) is 6.34. The lowest BCUT2D eigenvalue weighted by Gasteiger charge is -2.25. The lowest BCUT2D eigenvalue weighted by atomic mass is 9.95. The van der Waals surface area contributed by atoms with E-state index in [0.29, 0.717) is 17.9 Å². The van der Waals surface area contributed by atoms with Crippen molar-refractivity contribution in [1.29, 1.82) is 0 Å². The van der Waals surface area contributed by atoms with Gasteiger partial charge in [0.2, 0.25) is 0 Å². The first-order valence-electron chi connectivity index (χ1n) is 9.86. The Kier molecular flexibility index (Phi) is 5.23. The first kappa shape index (κ1) is 17.1. The van der Waals surface area contributed by atoms with Crippen molar-refractivity contribution in [2.24, 2.45) is 11.8 Å². The van der Waals surface area contributed by atoms with Crippen LogP contribution in [0.3, 0.4) is 0 Å². The average Bonchev–Trinajstić information content (AvgIpc) is 3.30. The van der Waals surface area contributed by atoms with Crippen molar-refractivity contribution in [1.82, 2.24) is 20.2 Å². The van der Waals surface area contributed by atoms with Crippen LogP contribution >= 0.6 is 0 Å². The lowest BCUT2D eigenvalue weighted by Crippen LogP contribution is -2.46. The number of rotatable bonds is 5.